The number of unbranched alkanes of at least 4 members (excludes halogenated alkanes) is 1. The minimum absolute atomic E-state index is 0.695. The summed E-state index contributed by atoms with van der Waals surface area (Å²) < 4.78 is 5.80. The highest BCUT2D eigenvalue weighted by Crippen LogP contribution is 2.21. The monoisotopic (exact) mass is 248 g/mol. The minimum Gasteiger partial charge on any atom is -0.477 e. The van der Waals surface area contributed by atoms with Crippen molar-refractivity contribution in [1.29, 1.82) is 0 Å². The van der Waals surface area contributed by atoms with E-state index in [0.29, 0.717) is 6.61 Å². The molecular formula is C15H24N2O. The van der Waals surface area contributed by atoms with Gasteiger partial charge in [0.25, 0.3) is 0 Å². The van der Waals surface area contributed by atoms with Crippen LogP contribution in [0.3, 0.4) is 0 Å². The first-order chi connectivity index (χ1) is 8.69. The van der Waals surface area contributed by atoms with Crippen LogP contribution in [0.5, 0.6) is 5.88 Å². The molecule has 1 aromatic heterocycles. The average molecular weight is 248 g/mol. The fourth-order valence-electron chi connectivity index (χ4n) is 1.81. The molecule has 1 rings (SSSR count). The normalized spacial score (nSPS) is 10.4. The lowest BCUT2D eigenvalue weighted by molar-refractivity contribution is 0.295. The van der Waals surface area contributed by atoms with Gasteiger partial charge in [-0.3, -0.25) is 0 Å². The summed E-state index contributed by atoms with van der Waals surface area (Å²) in [5, 5.41) is 3.33. The Bertz CT molecular complexity index is 388. The first kappa shape index (κ1) is 14.7. The molecule has 0 amide bonds. The van der Waals surface area contributed by atoms with Crippen molar-refractivity contribution in [3.05, 3.63) is 35.5 Å². The number of nitrogens with one attached hydrogen (secondary N) is 1. The summed E-state index contributed by atoms with van der Waals surface area (Å²) in [6.07, 6.45) is 3.88. The van der Waals surface area contributed by atoms with Gasteiger partial charge in [0.05, 0.1) is 6.61 Å². The molecule has 0 saturated carbocycles. The summed E-state index contributed by atoms with van der Waals surface area (Å²) in [4.78, 5) is 4.50. The number of nitrogens with zero attached hydrogens (tertiary/aromatic N) is 1. The predicted octanol–water partition coefficient (Wildman–Crippen LogP) is 3.15. The van der Waals surface area contributed by atoms with Gasteiger partial charge >= 0.3 is 0 Å². The fourth-order valence-corrected chi connectivity index (χ4v) is 1.81. The zero-order valence-electron chi connectivity index (χ0n) is 11.8. The molecule has 0 aromatic carbocycles. The Hall–Kier alpha value is -1.35. The number of hydrogen-bond acceptors (Lipinski definition) is 3. The zero-order valence-corrected chi connectivity index (χ0v) is 11.8. The van der Waals surface area contributed by atoms with Crippen LogP contribution in [-0.4, -0.2) is 18.1 Å². The number of ether oxygens (including phenoxy) is 1. The Morgan fingerprint density at radius 3 is 2.89 bits per heavy atom. The lowest BCUT2D eigenvalue weighted by Gasteiger charge is -2.14. The quantitative estimate of drug-likeness (QED) is 0.567. The van der Waals surface area contributed by atoms with E-state index in [1.54, 1.807) is 0 Å². The second-order valence-electron chi connectivity index (χ2n) is 4.42. The second-order valence-corrected chi connectivity index (χ2v) is 4.42. The van der Waals surface area contributed by atoms with Crippen LogP contribution in [0.4, 0.5) is 0 Å². The average Bonchev–Trinajstić information content (AvgIpc) is 2.33. The number of pyridine rings is 1. The Labute approximate surface area is 110 Å². The van der Waals surface area contributed by atoms with E-state index in [2.05, 4.69) is 36.8 Å². The van der Waals surface area contributed by atoms with Crippen molar-refractivity contribution >= 4 is 0 Å². The van der Waals surface area contributed by atoms with E-state index in [0.717, 1.165) is 37.5 Å². The molecule has 3 nitrogen and oxygen atoms in total. The maximum Gasteiger partial charge on any atom is 0.218 e. The van der Waals surface area contributed by atoms with Crippen LogP contribution in [0.2, 0.25) is 0 Å². The summed E-state index contributed by atoms with van der Waals surface area (Å²) in [5.41, 5.74) is 3.41. The molecule has 1 heterocycles. The van der Waals surface area contributed by atoms with Crippen molar-refractivity contribution in [2.75, 3.05) is 13.2 Å². The van der Waals surface area contributed by atoms with Gasteiger partial charge in [-0.25, -0.2) is 4.98 Å². The highest BCUT2D eigenvalue weighted by molar-refractivity contribution is 5.35. The molecule has 0 saturated heterocycles. The number of allylic oxidation sites excluding steroid dienone is 1. The molecule has 0 unspecified atom stereocenters. The van der Waals surface area contributed by atoms with E-state index in [9.17, 15) is 0 Å². The Morgan fingerprint density at radius 1 is 1.44 bits per heavy atom. The van der Waals surface area contributed by atoms with Gasteiger partial charge in [-0.15, -0.1) is 6.58 Å². The number of hydrogen-bond donors (Lipinski definition) is 1. The highest BCUT2D eigenvalue weighted by Gasteiger charge is 2.09. The van der Waals surface area contributed by atoms with Gasteiger partial charge in [-0.1, -0.05) is 13.0 Å². The maximum absolute atomic E-state index is 5.80. The molecule has 0 bridgehead atoms. The smallest absolute Gasteiger partial charge is 0.218 e. The first-order valence-electron chi connectivity index (χ1n) is 6.60. The van der Waals surface area contributed by atoms with Crippen molar-refractivity contribution in [2.24, 2.45) is 0 Å². The van der Waals surface area contributed by atoms with Crippen LogP contribution in [0.25, 0.3) is 0 Å². The molecule has 18 heavy (non-hydrogen) atoms. The first-order valence-corrected chi connectivity index (χ1v) is 6.60. The van der Waals surface area contributed by atoms with E-state index >= 15 is 0 Å². The third kappa shape index (κ3) is 4.49. The molecule has 100 valence electrons. The van der Waals surface area contributed by atoms with Gasteiger partial charge in [0.15, 0.2) is 0 Å². The van der Waals surface area contributed by atoms with Crippen LogP contribution in [0.1, 0.15) is 36.6 Å². The Kier molecular flexibility index (Phi) is 6.44. The maximum atomic E-state index is 5.80. The van der Waals surface area contributed by atoms with Gasteiger partial charge in [0.1, 0.15) is 0 Å². The lowest BCUT2D eigenvalue weighted by atomic mass is 10.1. The second kappa shape index (κ2) is 7.88. The lowest BCUT2D eigenvalue weighted by Crippen LogP contribution is -2.15. The molecule has 0 aliphatic carbocycles. The molecule has 1 aromatic rings. The van der Waals surface area contributed by atoms with E-state index in [4.69, 9.17) is 4.74 Å². The van der Waals surface area contributed by atoms with Crippen molar-refractivity contribution in [3.63, 3.8) is 0 Å². The van der Waals surface area contributed by atoms with Gasteiger partial charge in [-0.05, 0) is 44.9 Å². The summed E-state index contributed by atoms with van der Waals surface area (Å²) in [6.45, 7) is 12.4. The van der Waals surface area contributed by atoms with Gasteiger partial charge in [0, 0.05) is 17.8 Å². The molecule has 3 heteroatoms. The summed E-state index contributed by atoms with van der Waals surface area (Å²) in [5.74, 6) is 0.775. The zero-order chi connectivity index (χ0) is 13.4. The van der Waals surface area contributed by atoms with Gasteiger partial charge in [-0.2, -0.15) is 0 Å². The van der Waals surface area contributed by atoms with Crippen LogP contribution < -0.4 is 10.1 Å². The van der Waals surface area contributed by atoms with Crippen LogP contribution >= 0.6 is 0 Å². The topological polar surface area (TPSA) is 34.1 Å². The molecule has 0 atom stereocenters. The van der Waals surface area contributed by atoms with Crippen molar-refractivity contribution in [2.45, 2.75) is 40.2 Å². The molecule has 0 aliphatic heterocycles. The number of aryl methyl sites for hydroxylation is 2. The van der Waals surface area contributed by atoms with Crippen molar-refractivity contribution in [3.8, 4) is 5.88 Å². The van der Waals surface area contributed by atoms with Gasteiger partial charge in [0.2, 0.25) is 5.88 Å². The predicted molar refractivity (Wildman–Crippen MR) is 76.0 cm³/mol. The molecule has 0 fully saturated rings. The van der Waals surface area contributed by atoms with E-state index in [1.807, 2.05) is 13.0 Å². The van der Waals surface area contributed by atoms with Gasteiger partial charge < -0.3 is 10.1 Å². The van der Waals surface area contributed by atoms with E-state index < -0.39 is 0 Å². The number of aromatic nitrogens is 1. The molecule has 0 radical (unpaired) electrons. The number of rotatable bonds is 8. The SMILES string of the molecule is C=CCCCOc1nc(C)cc(C)c1CNCC. The van der Waals surface area contributed by atoms with Crippen molar-refractivity contribution in [1.82, 2.24) is 10.3 Å². The fraction of sp³-hybridized carbons (Fsp3) is 0.533. The minimum atomic E-state index is 0.695. The Balaban J connectivity index is 2.75. The summed E-state index contributed by atoms with van der Waals surface area (Å²) in [6, 6.07) is 2.10. The van der Waals surface area contributed by atoms with Crippen LogP contribution in [0, 0.1) is 13.8 Å². The van der Waals surface area contributed by atoms with Crippen LogP contribution in [-0.2, 0) is 6.54 Å². The molecule has 1 N–H and O–H groups in total. The molecule has 0 aliphatic rings. The third-order valence-corrected chi connectivity index (χ3v) is 2.78. The van der Waals surface area contributed by atoms with Crippen LogP contribution in [0.15, 0.2) is 18.7 Å². The largest absolute Gasteiger partial charge is 0.477 e. The summed E-state index contributed by atoms with van der Waals surface area (Å²) in [7, 11) is 0. The third-order valence-electron chi connectivity index (χ3n) is 2.78. The highest BCUT2D eigenvalue weighted by atomic mass is 16.5. The molecule has 0 spiro atoms. The van der Waals surface area contributed by atoms with E-state index in [-0.39, 0.29) is 0 Å². The van der Waals surface area contributed by atoms with Crippen molar-refractivity contribution < 1.29 is 4.74 Å². The molecular weight excluding hydrogens is 224 g/mol. The van der Waals surface area contributed by atoms with E-state index in [1.165, 1.54) is 11.1 Å². The summed E-state index contributed by atoms with van der Waals surface area (Å²) >= 11 is 0. The standard InChI is InChI=1S/C15H24N2O/c1-5-7-8-9-18-15-14(11-16-6-2)12(3)10-13(4)17-15/h5,10,16H,1,6-9,11H2,2-4H3. The Morgan fingerprint density at radius 2 is 2.22 bits per heavy atom.